The van der Waals surface area contributed by atoms with Gasteiger partial charge in [0.2, 0.25) is 5.91 Å². The standard InChI is InChI=1S/C18H28N2O2/c1-14-5-6-17(12-15(14)2)22-11-3-4-18(21)20-10-8-16-7-9-19-13-16/h5-6,12,16,19H,3-4,7-11,13H2,1-2H3,(H,20,21). The first-order valence-electron chi connectivity index (χ1n) is 8.32. The lowest BCUT2D eigenvalue weighted by molar-refractivity contribution is -0.121. The van der Waals surface area contributed by atoms with Gasteiger partial charge in [-0.2, -0.15) is 0 Å². The molecule has 2 N–H and O–H groups in total. The quantitative estimate of drug-likeness (QED) is 0.726. The van der Waals surface area contributed by atoms with Crippen molar-refractivity contribution in [1.29, 1.82) is 0 Å². The maximum atomic E-state index is 11.7. The largest absolute Gasteiger partial charge is 0.494 e. The molecule has 1 aromatic rings. The molecule has 4 nitrogen and oxygen atoms in total. The van der Waals surface area contributed by atoms with Gasteiger partial charge in [0.15, 0.2) is 0 Å². The number of nitrogens with one attached hydrogen (secondary N) is 2. The summed E-state index contributed by atoms with van der Waals surface area (Å²) >= 11 is 0. The summed E-state index contributed by atoms with van der Waals surface area (Å²) in [7, 11) is 0. The summed E-state index contributed by atoms with van der Waals surface area (Å²) in [5.74, 6) is 1.75. The van der Waals surface area contributed by atoms with Crippen LogP contribution in [0.15, 0.2) is 18.2 Å². The van der Waals surface area contributed by atoms with Gasteiger partial charge < -0.3 is 15.4 Å². The lowest BCUT2D eigenvalue weighted by Crippen LogP contribution is -2.26. The molecule has 1 heterocycles. The second-order valence-electron chi connectivity index (χ2n) is 6.20. The summed E-state index contributed by atoms with van der Waals surface area (Å²) in [5.41, 5.74) is 2.50. The number of aryl methyl sites for hydroxylation is 2. The Kier molecular flexibility index (Phi) is 6.72. The Morgan fingerprint density at radius 1 is 1.36 bits per heavy atom. The topological polar surface area (TPSA) is 50.4 Å². The Bertz CT molecular complexity index is 482. The Labute approximate surface area is 133 Å². The van der Waals surface area contributed by atoms with Crippen molar-refractivity contribution >= 4 is 5.91 Å². The van der Waals surface area contributed by atoms with E-state index in [9.17, 15) is 4.79 Å². The molecule has 1 amide bonds. The fraction of sp³-hybridized carbons (Fsp3) is 0.611. The Balaban J connectivity index is 1.53. The molecule has 1 aromatic carbocycles. The van der Waals surface area contributed by atoms with Crippen molar-refractivity contribution in [3.8, 4) is 5.75 Å². The first-order valence-corrected chi connectivity index (χ1v) is 8.32. The van der Waals surface area contributed by atoms with Crippen molar-refractivity contribution in [2.45, 2.75) is 39.5 Å². The van der Waals surface area contributed by atoms with Crippen LogP contribution in [-0.2, 0) is 4.79 Å². The van der Waals surface area contributed by atoms with Crippen molar-refractivity contribution < 1.29 is 9.53 Å². The third-order valence-corrected chi connectivity index (χ3v) is 4.33. The van der Waals surface area contributed by atoms with E-state index in [1.165, 1.54) is 17.5 Å². The number of amides is 1. The monoisotopic (exact) mass is 304 g/mol. The number of carbonyl (C=O) groups is 1. The van der Waals surface area contributed by atoms with Gasteiger partial charge in [0.1, 0.15) is 5.75 Å². The van der Waals surface area contributed by atoms with Crippen LogP contribution in [0.4, 0.5) is 0 Å². The summed E-state index contributed by atoms with van der Waals surface area (Å²) < 4.78 is 5.69. The second-order valence-corrected chi connectivity index (χ2v) is 6.20. The number of ether oxygens (including phenoxy) is 1. The van der Waals surface area contributed by atoms with Crippen LogP contribution < -0.4 is 15.4 Å². The summed E-state index contributed by atoms with van der Waals surface area (Å²) in [5, 5.41) is 6.35. The van der Waals surface area contributed by atoms with Crippen molar-refractivity contribution in [3.05, 3.63) is 29.3 Å². The van der Waals surface area contributed by atoms with Crippen molar-refractivity contribution in [2.24, 2.45) is 5.92 Å². The van der Waals surface area contributed by atoms with E-state index in [0.29, 0.717) is 13.0 Å². The van der Waals surface area contributed by atoms with Crippen LogP contribution in [0.5, 0.6) is 5.75 Å². The van der Waals surface area contributed by atoms with Gasteiger partial charge in [0.25, 0.3) is 0 Å². The van der Waals surface area contributed by atoms with E-state index in [4.69, 9.17) is 4.74 Å². The Hall–Kier alpha value is -1.55. The summed E-state index contributed by atoms with van der Waals surface area (Å²) in [4.78, 5) is 11.7. The van der Waals surface area contributed by atoms with E-state index in [-0.39, 0.29) is 5.91 Å². The molecule has 1 saturated heterocycles. The fourth-order valence-electron chi connectivity index (χ4n) is 2.69. The maximum Gasteiger partial charge on any atom is 0.220 e. The van der Waals surface area contributed by atoms with Crippen LogP contribution in [-0.4, -0.2) is 32.1 Å². The van der Waals surface area contributed by atoms with Gasteiger partial charge in [0, 0.05) is 13.0 Å². The molecule has 1 fully saturated rings. The summed E-state index contributed by atoms with van der Waals surface area (Å²) in [6.07, 6.45) is 3.61. The molecule has 0 aromatic heterocycles. The third kappa shape index (κ3) is 5.68. The molecule has 0 spiro atoms. The SMILES string of the molecule is Cc1ccc(OCCCC(=O)NCCC2CCNC2)cc1C. The molecule has 0 saturated carbocycles. The van der Waals surface area contributed by atoms with Gasteiger partial charge in [-0.25, -0.2) is 0 Å². The molecule has 0 bridgehead atoms. The van der Waals surface area contributed by atoms with E-state index in [1.807, 2.05) is 12.1 Å². The summed E-state index contributed by atoms with van der Waals surface area (Å²) in [6, 6.07) is 6.10. The third-order valence-electron chi connectivity index (χ3n) is 4.33. The lowest BCUT2D eigenvalue weighted by atomic mass is 10.1. The summed E-state index contributed by atoms with van der Waals surface area (Å²) in [6.45, 7) is 7.76. The number of rotatable bonds is 8. The van der Waals surface area contributed by atoms with E-state index in [2.05, 4.69) is 30.5 Å². The van der Waals surface area contributed by atoms with Crippen LogP contribution in [0.1, 0.15) is 36.8 Å². The first-order chi connectivity index (χ1) is 10.6. The zero-order chi connectivity index (χ0) is 15.8. The average molecular weight is 304 g/mol. The highest BCUT2D eigenvalue weighted by atomic mass is 16.5. The van der Waals surface area contributed by atoms with E-state index < -0.39 is 0 Å². The molecule has 1 atom stereocenters. The highest BCUT2D eigenvalue weighted by Gasteiger charge is 2.13. The van der Waals surface area contributed by atoms with Crippen LogP contribution in [0.25, 0.3) is 0 Å². The lowest BCUT2D eigenvalue weighted by Gasteiger charge is -2.10. The van der Waals surface area contributed by atoms with E-state index in [0.717, 1.165) is 44.1 Å². The van der Waals surface area contributed by atoms with Gasteiger partial charge in [-0.05, 0) is 75.4 Å². The van der Waals surface area contributed by atoms with Gasteiger partial charge in [-0.1, -0.05) is 6.07 Å². The number of hydrogen-bond donors (Lipinski definition) is 2. The van der Waals surface area contributed by atoms with E-state index >= 15 is 0 Å². The molecule has 122 valence electrons. The highest BCUT2D eigenvalue weighted by Crippen LogP contribution is 2.16. The first kappa shape index (κ1) is 16.8. The molecule has 0 radical (unpaired) electrons. The smallest absolute Gasteiger partial charge is 0.220 e. The molecule has 1 unspecified atom stereocenters. The van der Waals surface area contributed by atoms with E-state index in [1.54, 1.807) is 0 Å². The predicted octanol–water partition coefficient (Wildman–Crippen LogP) is 2.58. The van der Waals surface area contributed by atoms with Crippen LogP contribution in [0.3, 0.4) is 0 Å². The highest BCUT2D eigenvalue weighted by molar-refractivity contribution is 5.75. The fourth-order valence-corrected chi connectivity index (χ4v) is 2.69. The Morgan fingerprint density at radius 3 is 2.95 bits per heavy atom. The molecule has 1 aliphatic heterocycles. The molecule has 4 heteroatoms. The minimum Gasteiger partial charge on any atom is -0.494 e. The molecule has 22 heavy (non-hydrogen) atoms. The Morgan fingerprint density at radius 2 is 2.23 bits per heavy atom. The van der Waals surface area contributed by atoms with Gasteiger partial charge >= 0.3 is 0 Å². The van der Waals surface area contributed by atoms with Crippen molar-refractivity contribution in [2.75, 3.05) is 26.2 Å². The second kappa shape index (κ2) is 8.79. The zero-order valence-electron chi connectivity index (χ0n) is 13.8. The van der Waals surface area contributed by atoms with Gasteiger partial charge in [-0.15, -0.1) is 0 Å². The molecule has 2 rings (SSSR count). The maximum absolute atomic E-state index is 11.7. The predicted molar refractivity (Wildman–Crippen MR) is 89.2 cm³/mol. The van der Waals surface area contributed by atoms with Gasteiger partial charge in [0.05, 0.1) is 6.61 Å². The zero-order valence-corrected chi connectivity index (χ0v) is 13.8. The number of hydrogen-bond acceptors (Lipinski definition) is 3. The minimum atomic E-state index is 0.134. The number of benzene rings is 1. The van der Waals surface area contributed by atoms with Crippen molar-refractivity contribution in [3.63, 3.8) is 0 Å². The molecule has 0 aliphatic carbocycles. The minimum absolute atomic E-state index is 0.134. The molecule has 1 aliphatic rings. The normalized spacial score (nSPS) is 17.5. The van der Waals surface area contributed by atoms with Crippen LogP contribution in [0, 0.1) is 19.8 Å². The molecular formula is C18H28N2O2. The van der Waals surface area contributed by atoms with Gasteiger partial charge in [-0.3, -0.25) is 4.79 Å². The van der Waals surface area contributed by atoms with Crippen LogP contribution in [0.2, 0.25) is 0 Å². The van der Waals surface area contributed by atoms with Crippen LogP contribution >= 0.6 is 0 Å². The number of carbonyl (C=O) groups excluding carboxylic acids is 1. The molecular weight excluding hydrogens is 276 g/mol. The average Bonchev–Trinajstić information content (AvgIpc) is 3.00. The van der Waals surface area contributed by atoms with Crippen molar-refractivity contribution in [1.82, 2.24) is 10.6 Å².